The molecule has 0 N–H and O–H groups in total. The lowest BCUT2D eigenvalue weighted by Gasteiger charge is -2.44. The van der Waals surface area contributed by atoms with Crippen molar-refractivity contribution < 1.29 is 28.6 Å². The number of rotatable bonds is 2. The molecule has 108 valence electrons. The van der Waals surface area contributed by atoms with E-state index in [1.165, 1.54) is 14.2 Å². The summed E-state index contributed by atoms with van der Waals surface area (Å²) >= 11 is 0. The van der Waals surface area contributed by atoms with Gasteiger partial charge in [0.05, 0.1) is 14.2 Å². The summed E-state index contributed by atoms with van der Waals surface area (Å²) in [6.45, 7) is 5.10. The smallest absolute Gasteiger partial charge is 0.411 e. The molecule has 7 nitrogen and oxygen atoms in total. The molecule has 0 aromatic carbocycles. The van der Waals surface area contributed by atoms with Gasteiger partial charge in [0.25, 0.3) is 0 Å². The lowest BCUT2D eigenvalue weighted by Crippen LogP contribution is -2.65. The van der Waals surface area contributed by atoms with Crippen LogP contribution < -0.4 is 0 Å². The van der Waals surface area contributed by atoms with Crippen LogP contribution in [0.3, 0.4) is 0 Å². The van der Waals surface area contributed by atoms with E-state index in [0.29, 0.717) is 0 Å². The number of carbonyl (C=O) groups excluding carboxylic acids is 3. The predicted molar refractivity (Wildman–Crippen MR) is 64.3 cm³/mol. The van der Waals surface area contributed by atoms with E-state index in [1.54, 1.807) is 20.8 Å². The Hall–Kier alpha value is -1.79. The summed E-state index contributed by atoms with van der Waals surface area (Å²) < 4.78 is 14.3. The molecular formula is C12H19NO6. The maximum atomic E-state index is 12.0. The van der Waals surface area contributed by atoms with Crippen LogP contribution in [0.25, 0.3) is 0 Å². The zero-order chi connectivity index (χ0) is 14.8. The van der Waals surface area contributed by atoms with Crippen molar-refractivity contribution in [2.45, 2.75) is 44.9 Å². The number of likely N-dealkylation sites (tertiary alicyclic amines) is 1. The van der Waals surface area contributed by atoms with E-state index in [9.17, 15) is 14.4 Å². The van der Waals surface area contributed by atoms with Gasteiger partial charge in [-0.3, -0.25) is 4.90 Å². The van der Waals surface area contributed by atoms with E-state index < -0.39 is 35.7 Å². The minimum absolute atomic E-state index is 0.179. The summed E-state index contributed by atoms with van der Waals surface area (Å²) in [5.41, 5.74) is -0.714. The van der Waals surface area contributed by atoms with Gasteiger partial charge in [0.1, 0.15) is 17.7 Å². The minimum Gasteiger partial charge on any atom is -0.467 e. The number of ether oxygens (including phenoxy) is 3. The first-order chi connectivity index (χ1) is 8.71. The van der Waals surface area contributed by atoms with Crippen LogP contribution in [-0.2, 0) is 23.8 Å². The van der Waals surface area contributed by atoms with Gasteiger partial charge in [-0.25, -0.2) is 14.4 Å². The summed E-state index contributed by atoms with van der Waals surface area (Å²) in [5, 5.41) is 0. The Morgan fingerprint density at radius 2 is 1.42 bits per heavy atom. The fraction of sp³-hybridized carbons (Fsp3) is 0.750. The molecule has 19 heavy (non-hydrogen) atoms. The number of hydrogen-bond donors (Lipinski definition) is 0. The summed E-state index contributed by atoms with van der Waals surface area (Å²) in [4.78, 5) is 36.1. The Kier molecular flexibility index (Phi) is 4.39. The van der Waals surface area contributed by atoms with Crippen molar-refractivity contribution in [3.05, 3.63) is 0 Å². The molecule has 1 rings (SSSR count). The molecule has 7 heteroatoms. The average Bonchev–Trinajstić information content (AvgIpc) is 2.24. The highest BCUT2D eigenvalue weighted by Crippen LogP contribution is 2.29. The molecule has 1 saturated heterocycles. The van der Waals surface area contributed by atoms with Crippen LogP contribution in [-0.4, -0.2) is 54.8 Å². The number of nitrogens with zero attached hydrogens (tertiary/aromatic N) is 1. The Bertz CT molecular complexity index is 364. The monoisotopic (exact) mass is 273 g/mol. The topological polar surface area (TPSA) is 82.1 Å². The van der Waals surface area contributed by atoms with E-state index >= 15 is 0 Å². The first-order valence-corrected chi connectivity index (χ1v) is 5.88. The van der Waals surface area contributed by atoms with E-state index in [-0.39, 0.29) is 6.42 Å². The third-order valence-electron chi connectivity index (χ3n) is 2.67. The predicted octanol–water partition coefficient (Wildman–Crippen LogP) is 0.710. The lowest BCUT2D eigenvalue weighted by molar-refractivity contribution is -0.165. The standard InChI is InChI=1S/C12H19NO6/c1-12(2,3)19-11(16)13-7(9(14)17-4)6-8(13)10(15)18-5/h7-8H,6H2,1-5H3. The second-order valence-electron chi connectivity index (χ2n) is 5.20. The highest BCUT2D eigenvalue weighted by Gasteiger charge is 2.52. The average molecular weight is 273 g/mol. The molecule has 0 spiro atoms. The SMILES string of the molecule is COC(=O)C1CC(C(=O)OC)N1C(=O)OC(C)(C)C. The molecule has 0 radical (unpaired) electrons. The van der Waals surface area contributed by atoms with Gasteiger partial charge >= 0.3 is 18.0 Å². The molecule has 2 unspecified atom stereocenters. The van der Waals surface area contributed by atoms with Gasteiger partial charge < -0.3 is 14.2 Å². The van der Waals surface area contributed by atoms with Crippen LogP contribution in [0, 0.1) is 0 Å². The molecule has 1 fully saturated rings. The van der Waals surface area contributed by atoms with Gasteiger partial charge in [0.15, 0.2) is 0 Å². The Labute approximate surface area is 111 Å². The number of methoxy groups -OCH3 is 2. The van der Waals surface area contributed by atoms with Gasteiger partial charge in [-0.15, -0.1) is 0 Å². The maximum absolute atomic E-state index is 12.0. The molecule has 0 aromatic rings. The Morgan fingerprint density at radius 3 is 1.74 bits per heavy atom. The molecule has 0 saturated carbocycles. The summed E-state index contributed by atoms with van der Waals surface area (Å²) in [7, 11) is 2.45. The zero-order valence-corrected chi connectivity index (χ0v) is 11.8. The first-order valence-electron chi connectivity index (χ1n) is 5.88. The summed E-state index contributed by atoms with van der Waals surface area (Å²) in [6.07, 6.45) is -0.553. The van der Waals surface area contributed by atoms with Gasteiger partial charge in [0, 0.05) is 6.42 Å². The van der Waals surface area contributed by atoms with Crippen LogP contribution in [0.2, 0.25) is 0 Å². The number of esters is 2. The van der Waals surface area contributed by atoms with Gasteiger partial charge in [-0.2, -0.15) is 0 Å². The van der Waals surface area contributed by atoms with Crippen molar-refractivity contribution >= 4 is 18.0 Å². The normalized spacial score (nSPS) is 22.3. The molecule has 2 atom stereocenters. The Balaban J connectivity index is 2.84. The number of hydrogen-bond acceptors (Lipinski definition) is 6. The highest BCUT2D eigenvalue weighted by atomic mass is 16.6. The maximum Gasteiger partial charge on any atom is 0.411 e. The molecular weight excluding hydrogens is 254 g/mol. The van der Waals surface area contributed by atoms with Crippen LogP contribution in [0.1, 0.15) is 27.2 Å². The lowest BCUT2D eigenvalue weighted by atomic mass is 9.93. The van der Waals surface area contributed by atoms with Crippen molar-refractivity contribution in [3.63, 3.8) is 0 Å². The molecule has 0 aliphatic carbocycles. The van der Waals surface area contributed by atoms with Crippen molar-refractivity contribution in [2.24, 2.45) is 0 Å². The fourth-order valence-electron chi connectivity index (χ4n) is 1.78. The van der Waals surface area contributed by atoms with Gasteiger partial charge in [-0.05, 0) is 20.8 Å². The Morgan fingerprint density at radius 1 is 1.00 bits per heavy atom. The van der Waals surface area contributed by atoms with Crippen LogP contribution in [0.4, 0.5) is 4.79 Å². The molecule has 0 bridgehead atoms. The van der Waals surface area contributed by atoms with Crippen LogP contribution >= 0.6 is 0 Å². The quantitative estimate of drug-likeness (QED) is 0.544. The number of amides is 1. The van der Waals surface area contributed by atoms with Crippen molar-refractivity contribution in [1.29, 1.82) is 0 Å². The highest BCUT2D eigenvalue weighted by molar-refractivity contribution is 5.90. The van der Waals surface area contributed by atoms with E-state index in [0.717, 1.165) is 4.90 Å². The largest absolute Gasteiger partial charge is 0.467 e. The van der Waals surface area contributed by atoms with Crippen molar-refractivity contribution in [1.82, 2.24) is 4.90 Å². The zero-order valence-electron chi connectivity index (χ0n) is 11.8. The minimum atomic E-state index is -0.802. The van der Waals surface area contributed by atoms with E-state index in [1.807, 2.05) is 0 Å². The van der Waals surface area contributed by atoms with Gasteiger partial charge in [0.2, 0.25) is 0 Å². The second kappa shape index (κ2) is 5.46. The van der Waals surface area contributed by atoms with E-state index in [4.69, 9.17) is 4.74 Å². The number of carbonyl (C=O) groups is 3. The molecule has 0 aromatic heterocycles. The second-order valence-corrected chi connectivity index (χ2v) is 5.20. The van der Waals surface area contributed by atoms with Crippen LogP contribution in [0.5, 0.6) is 0 Å². The third kappa shape index (κ3) is 3.36. The third-order valence-corrected chi connectivity index (χ3v) is 2.67. The summed E-state index contributed by atoms with van der Waals surface area (Å²) in [5.74, 6) is -1.16. The fourth-order valence-corrected chi connectivity index (χ4v) is 1.78. The molecule has 1 aliphatic rings. The molecule has 1 heterocycles. The molecule has 1 aliphatic heterocycles. The summed E-state index contributed by atoms with van der Waals surface area (Å²) in [6, 6.07) is -1.60. The molecule has 1 amide bonds. The first kappa shape index (κ1) is 15.3. The van der Waals surface area contributed by atoms with Crippen LogP contribution in [0.15, 0.2) is 0 Å². The van der Waals surface area contributed by atoms with Crippen molar-refractivity contribution in [3.8, 4) is 0 Å². The van der Waals surface area contributed by atoms with Gasteiger partial charge in [-0.1, -0.05) is 0 Å². The van der Waals surface area contributed by atoms with E-state index in [2.05, 4.69) is 9.47 Å². The van der Waals surface area contributed by atoms with Crippen molar-refractivity contribution in [2.75, 3.05) is 14.2 Å².